The van der Waals surface area contributed by atoms with Crippen LogP contribution in [0.15, 0.2) is 66.9 Å². The van der Waals surface area contributed by atoms with Gasteiger partial charge in [0.1, 0.15) is 0 Å². The Bertz CT molecular complexity index is 883. The van der Waals surface area contributed by atoms with E-state index in [0.717, 1.165) is 11.1 Å². The molecule has 22 heavy (non-hydrogen) atoms. The first-order valence-corrected chi connectivity index (χ1v) is 6.73. The van der Waals surface area contributed by atoms with E-state index < -0.39 is 0 Å². The highest BCUT2D eigenvalue weighted by Crippen LogP contribution is 2.38. The van der Waals surface area contributed by atoms with Gasteiger partial charge in [-0.05, 0) is 17.2 Å². The number of rotatable bonds is 2. The first kappa shape index (κ1) is 13.5. The molecule has 0 saturated heterocycles. The van der Waals surface area contributed by atoms with E-state index in [1.54, 1.807) is 18.3 Å². The van der Waals surface area contributed by atoms with Crippen LogP contribution in [0.2, 0.25) is 0 Å². The summed E-state index contributed by atoms with van der Waals surface area (Å²) in [7, 11) is 0. The molecule has 3 nitrogen and oxygen atoms in total. The van der Waals surface area contributed by atoms with Crippen LogP contribution in [-0.2, 0) is 0 Å². The molecule has 0 atom stereocenters. The van der Waals surface area contributed by atoms with E-state index in [9.17, 15) is 0 Å². The Morgan fingerprint density at radius 1 is 0.727 bits per heavy atom. The van der Waals surface area contributed by atoms with Gasteiger partial charge in [0.2, 0.25) is 5.69 Å². The number of benzene rings is 2. The summed E-state index contributed by atoms with van der Waals surface area (Å²) in [6.45, 7) is 14.5. The summed E-state index contributed by atoms with van der Waals surface area (Å²) < 4.78 is 0. The van der Waals surface area contributed by atoms with Crippen molar-refractivity contribution in [1.82, 2.24) is 4.98 Å². The summed E-state index contributed by atoms with van der Waals surface area (Å²) in [6.07, 6.45) is 1.79. The average molecular weight is 281 g/mol. The first-order valence-electron chi connectivity index (χ1n) is 6.73. The van der Waals surface area contributed by atoms with Gasteiger partial charge in [-0.3, -0.25) is 9.83 Å². The van der Waals surface area contributed by atoms with Crippen molar-refractivity contribution in [3.05, 3.63) is 89.7 Å². The van der Waals surface area contributed by atoms with Crippen molar-refractivity contribution in [3.63, 3.8) is 0 Å². The van der Waals surface area contributed by atoms with Crippen molar-refractivity contribution >= 4 is 11.4 Å². The zero-order valence-corrected chi connectivity index (χ0v) is 11.7. The predicted octanol–water partition coefficient (Wildman–Crippen LogP) is 5.52. The molecule has 0 amide bonds. The Morgan fingerprint density at radius 3 is 2.18 bits per heavy atom. The number of hydrogen-bond acceptors (Lipinski definition) is 1. The highest BCUT2D eigenvalue weighted by atomic mass is 14.8. The van der Waals surface area contributed by atoms with Crippen LogP contribution in [0.5, 0.6) is 0 Å². The Balaban J connectivity index is 2.05. The van der Waals surface area contributed by atoms with Gasteiger partial charge < -0.3 is 0 Å². The zero-order valence-electron chi connectivity index (χ0n) is 11.7. The molecule has 3 heteroatoms. The first-order chi connectivity index (χ1) is 10.8. The van der Waals surface area contributed by atoms with Crippen LogP contribution in [-0.4, -0.2) is 4.98 Å². The molecule has 0 aliphatic heterocycles. The topological polar surface area (TPSA) is 21.6 Å². The third kappa shape index (κ3) is 2.44. The fourth-order valence-electron chi connectivity index (χ4n) is 2.30. The van der Waals surface area contributed by atoms with Crippen molar-refractivity contribution in [2.75, 3.05) is 0 Å². The maximum absolute atomic E-state index is 7.31. The lowest BCUT2D eigenvalue weighted by Gasteiger charge is -2.07. The summed E-state index contributed by atoms with van der Waals surface area (Å²) in [4.78, 5) is 11.4. The van der Waals surface area contributed by atoms with Gasteiger partial charge in [0.25, 0.3) is 0 Å². The van der Waals surface area contributed by atoms with Crippen LogP contribution in [0.1, 0.15) is 0 Å². The molecule has 3 rings (SSSR count). The Hall–Kier alpha value is -3.43. The second-order valence-electron chi connectivity index (χ2n) is 4.70. The molecule has 3 aromatic rings. The molecule has 2 aromatic carbocycles. The minimum absolute atomic E-state index is 0.359. The summed E-state index contributed by atoms with van der Waals surface area (Å²) in [6, 6.07) is 19.1. The fourth-order valence-corrected chi connectivity index (χ4v) is 2.30. The van der Waals surface area contributed by atoms with E-state index >= 15 is 0 Å². The molecule has 0 bridgehead atoms. The van der Waals surface area contributed by atoms with Crippen LogP contribution in [0.25, 0.3) is 32.1 Å². The Morgan fingerprint density at radius 2 is 1.55 bits per heavy atom. The van der Waals surface area contributed by atoms with Crippen molar-refractivity contribution in [2.24, 2.45) is 0 Å². The molecule has 1 aromatic heterocycles. The molecule has 0 unspecified atom stereocenters. The molecular weight excluding hydrogens is 270 g/mol. The van der Waals surface area contributed by atoms with Crippen LogP contribution >= 0.6 is 0 Å². The standard InChI is InChI=1S/C19H11N3/c1-20-18-10-6-9-16(19(18)21-2)17-12-11-15(13-22-17)14-7-4-3-5-8-14/h3-13H. The number of hydrogen-bond donors (Lipinski definition) is 0. The highest BCUT2D eigenvalue weighted by Gasteiger charge is 2.11. The predicted molar refractivity (Wildman–Crippen MR) is 87.6 cm³/mol. The van der Waals surface area contributed by atoms with Crippen molar-refractivity contribution < 1.29 is 0 Å². The Labute approximate surface area is 129 Å². The van der Waals surface area contributed by atoms with Gasteiger partial charge >= 0.3 is 0 Å². The van der Waals surface area contributed by atoms with E-state index in [1.165, 1.54) is 0 Å². The molecule has 0 spiro atoms. The molecule has 0 aliphatic carbocycles. The maximum atomic E-state index is 7.31. The summed E-state index contributed by atoms with van der Waals surface area (Å²) in [5.41, 5.74) is 4.25. The molecular formula is C19H11N3. The molecule has 0 fully saturated rings. The lowest BCUT2D eigenvalue weighted by atomic mass is 10.0. The molecule has 1 heterocycles. The van der Waals surface area contributed by atoms with E-state index in [2.05, 4.69) is 14.7 Å². The maximum Gasteiger partial charge on any atom is 0.203 e. The van der Waals surface area contributed by atoms with Crippen molar-refractivity contribution in [1.29, 1.82) is 0 Å². The normalized spacial score (nSPS) is 9.73. The summed E-state index contributed by atoms with van der Waals surface area (Å²) in [5, 5.41) is 0. The van der Waals surface area contributed by atoms with Gasteiger partial charge in [0.15, 0.2) is 5.69 Å². The smallest absolute Gasteiger partial charge is 0.203 e. The summed E-state index contributed by atoms with van der Waals surface area (Å²) in [5.74, 6) is 0. The Kier molecular flexibility index (Phi) is 3.64. The van der Waals surface area contributed by atoms with Gasteiger partial charge in [-0.25, -0.2) is 4.85 Å². The molecule has 0 N–H and O–H groups in total. The number of para-hydroxylation sites is 1. The SMILES string of the molecule is [C-]#[N+]c1cccc(-c2ccc(-c3ccccc3)cn2)c1[N+]#[C-]. The van der Waals surface area contributed by atoms with Crippen LogP contribution in [0, 0.1) is 13.1 Å². The molecule has 0 radical (unpaired) electrons. The van der Waals surface area contributed by atoms with E-state index in [-0.39, 0.29) is 0 Å². The third-order valence-electron chi connectivity index (χ3n) is 3.39. The van der Waals surface area contributed by atoms with Gasteiger partial charge in [-0.2, -0.15) is 0 Å². The van der Waals surface area contributed by atoms with Gasteiger partial charge in [-0.15, -0.1) is 0 Å². The number of pyridine rings is 1. The summed E-state index contributed by atoms with van der Waals surface area (Å²) >= 11 is 0. The van der Waals surface area contributed by atoms with E-state index in [4.69, 9.17) is 13.1 Å². The molecule has 102 valence electrons. The second kappa shape index (κ2) is 5.91. The van der Waals surface area contributed by atoms with E-state index in [0.29, 0.717) is 22.6 Å². The average Bonchev–Trinajstić information content (AvgIpc) is 2.62. The van der Waals surface area contributed by atoms with Crippen molar-refractivity contribution in [2.45, 2.75) is 0 Å². The number of aromatic nitrogens is 1. The lowest BCUT2D eigenvalue weighted by Crippen LogP contribution is -1.85. The second-order valence-corrected chi connectivity index (χ2v) is 4.70. The quantitative estimate of drug-likeness (QED) is 0.567. The lowest BCUT2D eigenvalue weighted by molar-refractivity contribution is 1.33. The van der Waals surface area contributed by atoms with Gasteiger partial charge in [0.05, 0.1) is 18.8 Å². The third-order valence-corrected chi connectivity index (χ3v) is 3.39. The minimum Gasteiger partial charge on any atom is -0.257 e. The minimum atomic E-state index is 0.359. The highest BCUT2D eigenvalue weighted by molar-refractivity contribution is 5.87. The number of nitrogens with zero attached hydrogens (tertiary/aromatic N) is 3. The van der Waals surface area contributed by atoms with Crippen molar-refractivity contribution in [3.8, 4) is 22.4 Å². The van der Waals surface area contributed by atoms with Crippen LogP contribution in [0.4, 0.5) is 11.4 Å². The molecule has 0 aliphatic rings. The fraction of sp³-hybridized carbons (Fsp3) is 0. The monoisotopic (exact) mass is 281 g/mol. The molecule has 0 saturated carbocycles. The van der Waals surface area contributed by atoms with Gasteiger partial charge in [-0.1, -0.05) is 54.6 Å². The van der Waals surface area contributed by atoms with Gasteiger partial charge in [0, 0.05) is 11.8 Å². The van der Waals surface area contributed by atoms with Crippen LogP contribution in [0.3, 0.4) is 0 Å². The largest absolute Gasteiger partial charge is 0.257 e. The van der Waals surface area contributed by atoms with E-state index in [1.807, 2.05) is 48.5 Å². The van der Waals surface area contributed by atoms with Crippen LogP contribution < -0.4 is 0 Å². The zero-order chi connectivity index (χ0) is 15.4.